The number of aliphatic hydroxyl groups is 1. The number of hydrogen-bond acceptors (Lipinski definition) is 13. The lowest BCUT2D eigenvalue weighted by Gasteiger charge is -2.54. The van der Waals surface area contributed by atoms with Crippen molar-refractivity contribution in [2.75, 3.05) is 0 Å². The minimum Gasteiger partial charge on any atom is -0.481 e. The molecule has 370 valence electrons. The Labute approximate surface area is 447 Å². The van der Waals surface area contributed by atoms with Crippen molar-refractivity contribution < 1.29 is 53.7 Å². The smallest absolute Gasteiger partial charge is 0.373 e. The molecule has 0 spiro atoms. The monoisotopic (exact) mass is 1290 g/mol. The molecule has 4 aliphatic rings. The Bertz CT molecular complexity index is 2390. The minimum absolute atomic E-state index is 0.0445. The highest BCUT2D eigenvalue weighted by Crippen LogP contribution is 2.57. The molecule has 4 saturated carbocycles. The number of fused-ring (bicyclic) bond motifs is 2. The lowest BCUT2D eigenvalue weighted by molar-refractivity contribution is -0.193. The van der Waals surface area contributed by atoms with Crippen LogP contribution in [0.15, 0.2) is 25.3 Å². The third-order valence-electron chi connectivity index (χ3n) is 11.7. The van der Waals surface area contributed by atoms with Crippen molar-refractivity contribution in [3.8, 4) is 0 Å². The van der Waals surface area contributed by atoms with Gasteiger partial charge >= 0.3 is 24.2 Å². The van der Waals surface area contributed by atoms with E-state index in [0.29, 0.717) is 25.2 Å². The maximum absolute atomic E-state index is 12.6. The van der Waals surface area contributed by atoms with Crippen molar-refractivity contribution in [1.29, 1.82) is 0 Å². The summed E-state index contributed by atoms with van der Waals surface area (Å²) < 4.78 is 0. The van der Waals surface area contributed by atoms with E-state index >= 15 is 0 Å². The number of carboxylic acid groups (broad SMARTS) is 2. The zero-order chi connectivity index (χ0) is 50.2. The Kier molecular flexibility index (Phi) is 41.6. The first kappa shape index (κ1) is 68.2. The van der Waals surface area contributed by atoms with Gasteiger partial charge in [0, 0.05) is 225 Å². The number of Topliss-reactive ketones (excluding diaryl/α,β-unsaturated/α-hetero) is 2. The first-order valence-electron chi connectivity index (χ1n) is 18.1. The molecule has 0 saturated heterocycles. The molecule has 0 heterocycles. The van der Waals surface area contributed by atoms with Gasteiger partial charge < -0.3 is 15.3 Å². The van der Waals surface area contributed by atoms with Gasteiger partial charge in [-0.1, -0.05) is 46.8 Å². The molecule has 0 aliphatic heterocycles. The first-order chi connectivity index (χ1) is 30.8. The molecule has 0 aromatic heterocycles. The van der Waals surface area contributed by atoms with E-state index < -0.39 is 35.8 Å². The van der Waals surface area contributed by atoms with E-state index in [0.717, 1.165) is 19.3 Å². The van der Waals surface area contributed by atoms with Crippen LogP contribution in [0.5, 0.6) is 0 Å². The average Bonchev–Trinajstić information content (AvgIpc) is 3.26. The second kappa shape index (κ2) is 39.7. The summed E-state index contributed by atoms with van der Waals surface area (Å²) in [7, 11) is 27.2. The van der Waals surface area contributed by atoms with Crippen LogP contribution >= 0.6 is 0 Å². The number of aliphatic hydroxyl groups excluding tert-OH is 1. The third kappa shape index (κ3) is 23.9. The van der Waals surface area contributed by atoms with Gasteiger partial charge in [-0.25, -0.2) is 0 Å². The topological polar surface area (TPSA) is 197 Å². The quantitative estimate of drug-likeness (QED) is 0.344. The van der Waals surface area contributed by atoms with E-state index in [2.05, 4.69) is 78.7 Å². The average molecular weight is 1290 g/mol. The lowest BCUT2D eigenvalue weighted by atomic mass is 9.49. The second-order valence-electron chi connectivity index (χ2n) is 14.4. The summed E-state index contributed by atoms with van der Waals surface area (Å²) in [5.41, 5.74) is -0.282. The Morgan fingerprint density at radius 2 is 0.862 bits per heavy atom. The van der Waals surface area contributed by atoms with Gasteiger partial charge in [-0.3, -0.25) is 19.2 Å². The molecule has 0 aromatic carbocycles. The highest BCUT2D eigenvalue weighted by Gasteiger charge is 2.58. The highest BCUT2D eigenvalue weighted by atomic mass is 33.4. The molecule has 11 nitrogen and oxygen atoms in total. The minimum atomic E-state index is -0.955. The van der Waals surface area contributed by atoms with Crippen molar-refractivity contribution in [2.24, 2.45) is 64.1 Å². The van der Waals surface area contributed by atoms with Gasteiger partial charge in [0.25, 0.3) is 0 Å². The van der Waals surface area contributed by atoms with Crippen LogP contribution in [0.1, 0.15) is 73.1 Å². The Hall–Kier alpha value is 1.10. The zero-order valence-electron chi connectivity index (χ0n) is 34.8. The summed E-state index contributed by atoms with van der Waals surface area (Å²) >= 11 is 18.7. The van der Waals surface area contributed by atoms with Crippen molar-refractivity contribution in [3.63, 3.8) is 0 Å². The van der Waals surface area contributed by atoms with Crippen molar-refractivity contribution in [1.82, 2.24) is 0 Å². The molecule has 32 heteroatoms. The Morgan fingerprint density at radius 1 is 0.585 bits per heavy atom. The summed E-state index contributed by atoms with van der Waals surface area (Å²) in [5.74, 6) is -3.07. The molecule has 3 N–H and O–H groups in total. The van der Waals surface area contributed by atoms with Crippen LogP contribution in [0, 0.1) is 64.1 Å². The number of hydrogen-bond donors (Lipinski definition) is 3. The van der Waals surface area contributed by atoms with Gasteiger partial charge in [-0.2, -0.15) is 19.2 Å². The molecule has 4 fully saturated rings. The highest BCUT2D eigenvalue weighted by molar-refractivity contribution is 8.74. The number of allylic oxidation sites excluding steroid dienone is 2. The second-order valence-corrected chi connectivity index (χ2v) is 44.5. The zero-order valence-corrected chi connectivity index (χ0v) is 51.9. The molecule has 12 atom stereocenters. The SMILES string of the molecule is C=C[C@@H]1[C@H]2C(=O)[C@@H](C)C[C@@H](C)[C@]2(C)CC[C@H]1C(=O)O.C=C[C@@H]1[C@H]2C(=O)[C@H](O)C[C@@H](C)[C@]2(C)CC[C@H]1C(=O)O.O=C=O.O=C=O.S=S=S=S=S=S=S=S=S=S.S=S=S=S=S=S=S=S=S=S=S. The Morgan fingerprint density at radius 3 is 1.14 bits per heavy atom. The number of rotatable bonds is 4. The molecule has 0 aromatic rings. The van der Waals surface area contributed by atoms with E-state index in [1.54, 1.807) is 128 Å². The van der Waals surface area contributed by atoms with Gasteiger partial charge in [0.2, 0.25) is 0 Å². The standard InChI is InChI=1S/C16H24O3.C15H22O4.2CO2.S11.S10/c1-5-11-12(15(18)19)6-7-16(4)10(3)8-9(2)14(17)13(11)16;1-4-9-10(14(18)19)5-6-15(3)8(2)7-11(16)13(17)12(9)15;2*2-1-3;1-3-5-7-9-11-10-8-6-4-2;1-3-5-7-9-10-8-6-4-2/h5,9-13H,1,6-8H2,2-4H3,(H,18,19);4,8-12,16H,1,5-7H2,2-3H3,(H,18,19);;;;/t9-,10+,11-,12+,13-,16-;8-,9+,10-,11-,12+,15+;;;;/m01..../s1. The fraction of sp³-hybridized carbons (Fsp3) is 0.697. The molecule has 0 unspecified atom stereocenters. The van der Waals surface area contributed by atoms with Gasteiger partial charge in [0.1, 0.15) is 11.9 Å². The third-order valence-corrected chi connectivity index (χ3v) is 45.0. The predicted octanol–water partition coefficient (Wildman–Crippen LogP) is 3.81. The van der Waals surface area contributed by atoms with Crippen LogP contribution < -0.4 is 0 Å². The first-order valence-corrected chi connectivity index (χ1v) is 43.4. The molecule has 0 bridgehead atoms. The van der Waals surface area contributed by atoms with E-state index in [9.17, 15) is 34.5 Å². The largest absolute Gasteiger partial charge is 0.481 e. The van der Waals surface area contributed by atoms with E-state index in [1.165, 1.54) is 35.5 Å². The summed E-state index contributed by atoms with van der Waals surface area (Å²) in [6.45, 7) is 18.0. The van der Waals surface area contributed by atoms with Crippen molar-refractivity contribution in [3.05, 3.63) is 25.3 Å². The summed E-state index contributed by atoms with van der Waals surface area (Å²) in [6, 6.07) is 0. The van der Waals surface area contributed by atoms with Gasteiger partial charge in [0.15, 0.2) is 5.78 Å². The maximum Gasteiger partial charge on any atom is 0.373 e. The normalized spacial score (nSPS) is 29.6. The number of carbonyl (C=O) groups is 4. The van der Waals surface area contributed by atoms with E-state index in [-0.39, 0.29) is 64.3 Å². The summed E-state index contributed by atoms with van der Waals surface area (Å²) in [6.07, 6.45) is 7.05. The predicted molar refractivity (Wildman–Crippen MR) is 309 cm³/mol. The molecule has 0 amide bonds. The van der Waals surface area contributed by atoms with Crippen LogP contribution in [0.25, 0.3) is 0 Å². The molecule has 65 heavy (non-hydrogen) atoms. The lowest BCUT2D eigenvalue weighted by Crippen LogP contribution is -2.56. The number of carboxylic acids is 2. The fourth-order valence-electron chi connectivity index (χ4n) is 8.58. The van der Waals surface area contributed by atoms with Crippen molar-refractivity contribution in [2.45, 2.75) is 79.2 Å². The number of aliphatic carboxylic acids is 2. The van der Waals surface area contributed by atoms with Crippen LogP contribution in [0.4, 0.5) is 0 Å². The van der Waals surface area contributed by atoms with E-state index in [1.807, 2.05) is 13.8 Å². The molecule has 4 aliphatic carbocycles. The maximum atomic E-state index is 12.6. The van der Waals surface area contributed by atoms with Gasteiger partial charge in [0.05, 0.1) is 11.8 Å². The van der Waals surface area contributed by atoms with Crippen LogP contribution in [0.2, 0.25) is 0 Å². The summed E-state index contributed by atoms with van der Waals surface area (Å²) in [5, 5.41) is 28.6. The Balaban J connectivity index is 0. The molecule has 4 rings (SSSR count). The fourth-order valence-corrected chi connectivity index (χ4v) is 44.3. The van der Waals surface area contributed by atoms with Gasteiger partial charge in [-0.15, -0.1) is 13.2 Å². The van der Waals surface area contributed by atoms with Crippen molar-refractivity contribution >= 4 is 232 Å². The molecular weight excluding hydrogens is 1250 g/mol. The summed E-state index contributed by atoms with van der Waals surface area (Å²) in [4.78, 5) is 80.2. The number of carbonyl (C=O) groups excluding carboxylic acids is 6. The number of ketones is 2. The van der Waals surface area contributed by atoms with Crippen LogP contribution in [0.3, 0.4) is 0 Å². The molecular formula is C33H46O11S21. The van der Waals surface area contributed by atoms with Crippen LogP contribution in [-0.2, 0) is 234 Å². The molecule has 0 radical (unpaired) electrons. The van der Waals surface area contributed by atoms with Crippen LogP contribution in [-0.4, -0.2) is 57.2 Å². The van der Waals surface area contributed by atoms with E-state index in [4.69, 9.17) is 19.2 Å². The van der Waals surface area contributed by atoms with Gasteiger partial charge in [-0.05, 0) is 61.2 Å².